The fourth-order valence-corrected chi connectivity index (χ4v) is 6.30. The number of amides is 1. The van der Waals surface area contributed by atoms with E-state index in [-0.39, 0.29) is 23.2 Å². The van der Waals surface area contributed by atoms with Crippen molar-refractivity contribution in [2.45, 2.75) is 56.8 Å². The number of hydrogen-bond acceptors (Lipinski definition) is 5. The van der Waals surface area contributed by atoms with Crippen LogP contribution < -0.4 is 10.1 Å². The SMILES string of the molecule is Cc1ccc(OCC(=O)Nc2cccc(S(=O)(=O)N3CCCCCC3)c2)c2c1C(C)CC2=O. The molecule has 1 N–H and O–H groups in total. The molecule has 2 aromatic rings. The Hall–Kier alpha value is -2.71. The average molecular weight is 471 g/mol. The predicted molar refractivity (Wildman–Crippen MR) is 126 cm³/mol. The number of carbonyl (C=O) groups is 2. The van der Waals surface area contributed by atoms with Gasteiger partial charge in [-0.2, -0.15) is 4.31 Å². The molecule has 7 nitrogen and oxygen atoms in total. The summed E-state index contributed by atoms with van der Waals surface area (Å²) in [6, 6.07) is 9.92. The highest BCUT2D eigenvalue weighted by Crippen LogP contribution is 2.40. The summed E-state index contributed by atoms with van der Waals surface area (Å²) in [5, 5.41) is 2.71. The highest BCUT2D eigenvalue weighted by Gasteiger charge is 2.31. The molecule has 1 amide bonds. The molecule has 1 atom stereocenters. The Morgan fingerprint density at radius 3 is 2.58 bits per heavy atom. The standard InChI is InChI=1S/C25H30N2O5S/c1-17-10-11-22(25-21(28)14-18(2)24(17)25)32-16-23(29)26-19-8-7-9-20(15-19)33(30,31)27-12-5-3-4-6-13-27/h7-11,15,18H,3-6,12-14,16H2,1-2H3,(H,26,29). The number of Topliss-reactive ketones (excluding diaryl/α,β-unsaturated/α-hetero) is 1. The van der Waals surface area contributed by atoms with Crippen molar-refractivity contribution in [3.8, 4) is 5.75 Å². The number of anilines is 1. The molecule has 0 saturated carbocycles. The third-order valence-electron chi connectivity index (χ3n) is 6.37. The molecule has 8 heteroatoms. The summed E-state index contributed by atoms with van der Waals surface area (Å²) in [6.07, 6.45) is 4.24. The normalized spacial score (nSPS) is 19.1. The lowest BCUT2D eigenvalue weighted by molar-refractivity contribution is -0.118. The smallest absolute Gasteiger partial charge is 0.262 e. The molecule has 2 aliphatic rings. The van der Waals surface area contributed by atoms with Gasteiger partial charge >= 0.3 is 0 Å². The van der Waals surface area contributed by atoms with E-state index in [1.807, 2.05) is 19.9 Å². The summed E-state index contributed by atoms with van der Waals surface area (Å²) in [6.45, 7) is 4.74. The first-order valence-electron chi connectivity index (χ1n) is 11.5. The van der Waals surface area contributed by atoms with Crippen molar-refractivity contribution < 1.29 is 22.7 Å². The molecule has 4 rings (SSSR count). The number of carbonyl (C=O) groups excluding carboxylic acids is 2. The Balaban J connectivity index is 1.44. The van der Waals surface area contributed by atoms with Crippen molar-refractivity contribution in [3.05, 3.63) is 53.1 Å². The number of ether oxygens (including phenoxy) is 1. The molecule has 1 unspecified atom stereocenters. The summed E-state index contributed by atoms with van der Waals surface area (Å²) in [7, 11) is -3.61. The van der Waals surface area contributed by atoms with E-state index in [9.17, 15) is 18.0 Å². The molecule has 0 bridgehead atoms. The van der Waals surface area contributed by atoms with Gasteiger partial charge in [-0.25, -0.2) is 8.42 Å². The Morgan fingerprint density at radius 2 is 1.85 bits per heavy atom. The molecule has 0 spiro atoms. The number of aryl methyl sites for hydroxylation is 1. The number of nitrogens with one attached hydrogen (secondary N) is 1. The second-order valence-electron chi connectivity index (χ2n) is 8.88. The van der Waals surface area contributed by atoms with Crippen LogP contribution in [0.3, 0.4) is 0 Å². The van der Waals surface area contributed by atoms with E-state index < -0.39 is 15.9 Å². The fraction of sp³-hybridized carbons (Fsp3) is 0.440. The van der Waals surface area contributed by atoms with E-state index >= 15 is 0 Å². The van der Waals surface area contributed by atoms with Crippen molar-refractivity contribution in [3.63, 3.8) is 0 Å². The van der Waals surface area contributed by atoms with Crippen LogP contribution in [0.25, 0.3) is 0 Å². The number of hydrogen-bond donors (Lipinski definition) is 1. The van der Waals surface area contributed by atoms with Gasteiger partial charge in [-0.15, -0.1) is 0 Å². The van der Waals surface area contributed by atoms with Gasteiger partial charge in [-0.1, -0.05) is 31.9 Å². The van der Waals surface area contributed by atoms with Crippen LogP contribution >= 0.6 is 0 Å². The van der Waals surface area contributed by atoms with Crippen molar-refractivity contribution in [1.82, 2.24) is 4.31 Å². The third kappa shape index (κ3) is 4.96. The van der Waals surface area contributed by atoms with Crippen LogP contribution in [0, 0.1) is 6.92 Å². The minimum Gasteiger partial charge on any atom is -0.483 e. The average Bonchev–Trinajstić information content (AvgIpc) is 2.96. The number of nitrogens with zero attached hydrogens (tertiary/aromatic N) is 1. The maximum Gasteiger partial charge on any atom is 0.262 e. The van der Waals surface area contributed by atoms with Gasteiger partial charge < -0.3 is 10.1 Å². The van der Waals surface area contributed by atoms with Gasteiger partial charge in [0.05, 0.1) is 10.5 Å². The Morgan fingerprint density at radius 1 is 1.12 bits per heavy atom. The van der Waals surface area contributed by atoms with Crippen molar-refractivity contribution in [2.24, 2.45) is 0 Å². The molecule has 1 fully saturated rings. The first-order valence-corrected chi connectivity index (χ1v) is 12.9. The molecule has 33 heavy (non-hydrogen) atoms. The van der Waals surface area contributed by atoms with Crippen molar-refractivity contribution >= 4 is 27.4 Å². The third-order valence-corrected chi connectivity index (χ3v) is 8.26. The van der Waals surface area contributed by atoms with Crippen LogP contribution in [0.15, 0.2) is 41.3 Å². The second-order valence-corrected chi connectivity index (χ2v) is 10.8. The van der Waals surface area contributed by atoms with Gasteiger partial charge in [0.15, 0.2) is 12.4 Å². The number of ketones is 1. The largest absolute Gasteiger partial charge is 0.483 e. The molecular weight excluding hydrogens is 440 g/mol. The monoisotopic (exact) mass is 470 g/mol. The van der Waals surface area contributed by atoms with Gasteiger partial charge in [-0.3, -0.25) is 9.59 Å². The quantitative estimate of drug-likeness (QED) is 0.681. The molecule has 0 radical (unpaired) electrons. The molecule has 1 heterocycles. The minimum absolute atomic E-state index is 0.0306. The second kappa shape index (κ2) is 9.65. The minimum atomic E-state index is -3.61. The predicted octanol–water partition coefficient (Wildman–Crippen LogP) is 4.27. The van der Waals surface area contributed by atoms with E-state index in [0.717, 1.165) is 36.8 Å². The molecule has 176 valence electrons. The van der Waals surface area contributed by atoms with E-state index in [1.54, 1.807) is 24.3 Å². The summed E-state index contributed by atoms with van der Waals surface area (Å²) < 4.78 is 33.3. The summed E-state index contributed by atoms with van der Waals surface area (Å²) in [4.78, 5) is 25.1. The molecular formula is C25H30N2O5S. The zero-order chi connectivity index (χ0) is 23.6. The highest BCUT2D eigenvalue weighted by molar-refractivity contribution is 7.89. The Labute approximate surface area is 195 Å². The fourth-order valence-electron chi connectivity index (χ4n) is 4.73. The van der Waals surface area contributed by atoms with E-state index in [0.29, 0.717) is 36.5 Å². The number of rotatable bonds is 6. The zero-order valence-corrected chi connectivity index (χ0v) is 19.9. The summed E-state index contributed by atoms with van der Waals surface area (Å²) in [5.41, 5.74) is 2.99. The maximum atomic E-state index is 13.0. The van der Waals surface area contributed by atoms with Gasteiger partial charge in [0.25, 0.3) is 5.91 Å². The molecule has 1 aliphatic carbocycles. The number of benzene rings is 2. The lowest BCUT2D eigenvalue weighted by Crippen LogP contribution is -2.32. The van der Waals surface area contributed by atoms with E-state index in [1.165, 1.54) is 10.4 Å². The van der Waals surface area contributed by atoms with Crippen LogP contribution in [0.4, 0.5) is 5.69 Å². The van der Waals surface area contributed by atoms with Gasteiger partial charge in [0, 0.05) is 25.2 Å². The lowest BCUT2D eigenvalue weighted by atomic mass is 9.97. The van der Waals surface area contributed by atoms with Crippen molar-refractivity contribution in [1.29, 1.82) is 0 Å². The first-order chi connectivity index (χ1) is 15.8. The Bertz CT molecular complexity index is 1170. The first kappa shape index (κ1) is 23.4. The van der Waals surface area contributed by atoms with Gasteiger partial charge in [0.1, 0.15) is 5.75 Å². The van der Waals surface area contributed by atoms with Crippen LogP contribution in [0.2, 0.25) is 0 Å². The number of sulfonamides is 1. The lowest BCUT2D eigenvalue weighted by Gasteiger charge is -2.20. The maximum absolute atomic E-state index is 13.0. The number of fused-ring (bicyclic) bond motifs is 1. The van der Waals surface area contributed by atoms with Crippen LogP contribution in [0.5, 0.6) is 5.75 Å². The molecule has 1 aliphatic heterocycles. The highest BCUT2D eigenvalue weighted by atomic mass is 32.2. The summed E-state index contributed by atoms with van der Waals surface area (Å²) in [5.74, 6) is 0.159. The van der Waals surface area contributed by atoms with Crippen molar-refractivity contribution in [2.75, 3.05) is 25.0 Å². The van der Waals surface area contributed by atoms with E-state index in [2.05, 4.69) is 5.32 Å². The Kier molecular flexibility index (Phi) is 6.86. The molecule has 2 aromatic carbocycles. The van der Waals surface area contributed by atoms with Crippen LogP contribution in [0.1, 0.15) is 66.4 Å². The molecule has 0 aromatic heterocycles. The van der Waals surface area contributed by atoms with Crippen LogP contribution in [-0.4, -0.2) is 44.1 Å². The summed E-state index contributed by atoms with van der Waals surface area (Å²) >= 11 is 0. The topological polar surface area (TPSA) is 92.8 Å². The van der Waals surface area contributed by atoms with Gasteiger partial charge in [0.2, 0.25) is 10.0 Å². The zero-order valence-electron chi connectivity index (χ0n) is 19.1. The van der Waals surface area contributed by atoms with E-state index in [4.69, 9.17) is 4.74 Å². The van der Waals surface area contributed by atoms with Crippen LogP contribution in [-0.2, 0) is 14.8 Å². The molecule has 1 saturated heterocycles. The van der Waals surface area contributed by atoms with Gasteiger partial charge in [-0.05, 0) is 61.1 Å².